The lowest BCUT2D eigenvalue weighted by Crippen LogP contribution is -2.47. The topological polar surface area (TPSA) is 162 Å². The molecule has 0 unspecified atom stereocenters. The van der Waals surface area contributed by atoms with E-state index in [4.69, 9.17) is 14.3 Å². The molecule has 0 spiro atoms. The fourth-order valence-corrected chi connectivity index (χ4v) is 4.06. The molecule has 0 aliphatic heterocycles. The molecule has 14 heteroatoms. The van der Waals surface area contributed by atoms with Gasteiger partial charge in [-0.3, -0.25) is 9.69 Å². The lowest BCUT2D eigenvalue weighted by molar-refractivity contribution is -0.125. The molecular formula is C32H44N8O6. The van der Waals surface area contributed by atoms with Crippen LogP contribution in [-0.4, -0.2) is 88.3 Å². The highest BCUT2D eigenvalue weighted by atomic mass is 16.7. The number of aromatic nitrogens is 4. The number of unbranched alkanes of at least 4 members (excludes halogenated alkanes) is 1. The minimum absolute atomic E-state index is 0.140. The molecule has 2 heterocycles. The van der Waals surface area contributed by atoms with Gasteiger partial charge in [0.2, 0.25) is 11.9 Å². The lowest BCUT2D eigenvalue weighted by Gasteiger charge is -2.28. The molecule has 3 N–H and O–H groups in total. The molecule has 0 radical (unpaired) electrons. The number of rotatable bonds is 13. The van der Waals surface area contributed by atoms with Crippen LogP contribution in [0.2, 0.25) is 0 Å². The van der Waals surface area contributed by atoms with E-state index in [9.17, 15) is 14.4 Å². The minimum atomic E-state index is -0.679. The molecule has 0 bridgehead atoms. The number of carbonyl (C=O) groups excluding carboxylic acids is 3. The summed E-state index contributed by atoms with van der Waals surface area (Å²) < 4.78 is 10.5. The molecule has 0 aliphatic carbocycles. The van der Waals surface area contributed by atoms with Gasteiger partial charge < -0.3 is 30.3 Å². The van der Waals surface area contributed by atoms with Gasteiger partial charge >= 0.3 is 12.1 Å². The summed E-state index contributed by atoms with van der Waals surface area (Å²) in [6, 6.07) is 4.66. The van der Waals surface area contributed by atoms with E-state index in [0.717, 1.165) is 6.42 Å². The van der Waals surface area contributed by atoms with Crippen molar-refractivity contribution in [1.82, 2.24) is 30.1 Å². The first-order valence-electron chi connectivity index (χ1n) is 15.2. The van der Waals surface area contributed by atoms with Crippen molar-refractivity contribution in [3.8, 4) is 11.8 Å². The molecule has 1 atom stereocenters. The van der Waals surface area contributed by atoms with Gasteiger partial charge in [0.05, 0.1) is 18.4 Å². The van der Waals surface area contributed by atoms with Crippen molar-refractivity contribution in [1.29, 1.82) is 0 Å². The molecule has 2 amide bonds. The fraction of sp³-hybridized carbons (Fsp3) is 0.500. The van der Waals surface area contributed by atoms with E-state index in [1.807, 2.05) is 0 Å². The maximum Gasteiger partial charge on any atom is 0.410 e. The Labute approximate surface area is 269 Å². The van der Waals surface area contributed by atoms with Crippen molar-refractivity contribution in [2.24, 2.45) is 0 Å². The van der Waals surface area contributed by atoms with Crippen LogP contribution in [0.3, 0.4) is 0 Å². The number of anilines is 3. The summed E-state index contributed by atoms with van der Waals surface area (Å²) in [5.41, 5.74) is 1.38. The van der Waals surface area contributed by atoms with Crippen LogP contribution in [0.25, 0.3) is 10.9 Å². The highest BCUT2D eigenvalue weighted by Gasteiger charge is 2.26. The lowest BCUT2D eigenvalue weighted by atomic mass is 10.2. The Morgan fingerprint density at radius 1 is 1.15 bits per heavy atom. The van der Waals surface area contributed by atoms with E-state index < -0.39 is 23.7 Å². The molecule has 3 aromatic rings. The van der Waals surface area contributed by atoms with E-state index in [1.54, 1.807) is 59.0 Å². The number of benzene rings is 1. The molecular weight excluding hydrogens is 592 g/mol. The maximum absolute atomic E-state index is 12.5. The van der Waals surface area contributed by atoms with Crippen molar-refractivity contribution in [3.05, 3.63) is 35.7 Å². The van der Waals surface area contributed by atoms with Gasteiger partial charge in [-0.1, -0.05) is 23.6 Å². The number of likely N-dealkylation sites (N-methyl/N-ethyl adjacent to an activating group) is 1. The Hall–Kier alpha value is -5.06. The summed E-state index contributed by atoms with van der Waals surface area (Å²) >= 11 is 0. The Balaban J connectivity index is 1.64. The van der Waals surface area contributed by atoms with Crippen LogP contribution in [0.5, 0.6) is 0 Å². The minimum Gasteiger partial charge on any atom is -0.461 e. The van der Waals surface area contributed by atoms with Crippen LogP contribution in [-0.2, 0) is 14.3 Å². The number of fused-ring (bicyclic) bond motifs is 1. The van der Waals surface area contributed by atoms with Crippen molar-refractivity contribution in [3.63, 3.8) is 0 Å². The highest BCUT2D eigenvalue weighted by Crippen LogP contribution is 2.25. The first kappa shape index (κ1) is 35.4. The molecule has 248 valence electrons. The quantitative estimate of drug-likeness (QED) is 0.141. The number of hydrogen-bond donors (Lipinski definition) is 3. The zero-order chi connectivity index (χ0) is 33.9. The van der Waals surface area contributed by atoms with Crippen LogP contribution in [0.4, 0.5) is 22.2 Å². The molecule has 1 aromatic carbocycles. The second kappa shape index (κ2) is 16.3. The molecule has 0 aliphatic rings. The zero-order valence-electron chi connectivity index (χ0n) is 27.8. The molecule has 0 saturated heterocycles. The van der Waals surface area contributed by atoms with Gasteiger partial charge in [0, 0.05) is 37.6 Å². The van der Waals surface area contributed by atoms with Gasteiger partial charge in [-0.2, -0.15) is 4.98 Å². The zero-order valence-corrected chi connectivity index (χ0v) is 27.8. The summed E-state index contributed by atoms with van der Waals surface area (Å²) in [5, 5.41) is 14.1. The van der Waals surface area contributed by atoms with Crippen molar-refractivity contribution in [2.45, 2.75) is 72.4 Å². The van der Waals surface area contributed by atoms with E-state index in [-0.39, 0.29) is 18.2 Å². The average Bonchev–Trinajstić information content (AvgIpc) is 3.38. The number of nitrogens with one attached hydrogen (secondary N) is 3. The Bertz CT molecular complexity index is 1590. The first-order chi connectivity index (χ1) is 21.9. The summed E-state index contributed by atoms with van der Waals surface area (Å²) in [7, 11) is 3.00. The Morgan fingerprint density at radius 2 is 1.91 bits per heavy atom. The van der Waals surface area contributed by atoms with Crippen LogP contribution in [0.1, 0.15) is 76.9 Å². The number of nitrogens with zero attached hydrogens (tertiary/aromatic N) is 5. The molecule has 46 heavy (non-hydrogen) atoms. The molecule has 0 fully saturated rings. The predicted molar refractivity (Wildman–Crippen MR) is 175 cm³/mol. The Morgan fingerprint density at radius 3 is 2.59 bits per heavy atom. The van der Waals surface area contributed by atoms with E-state index in [1.165, 1.54) is 23.9 Å². The first-order valence-corrected chi connectivity index (χ1v) is 15.2. The van der Waals surface area contributed by atoms with Gasteiger partial charge in [-0.15, -0.1) is 5.10 Å². The number of esters is 1. The number of ether oxygens (including phenoxy) is 2. The SMILES string of the molecule is CCCNc1nc(Nc2ccc3c(c2)c(C(=O)OCC)nn3OC)ncc1C#CCCCNC(=O)[C@H](C)N(C)C(=O)OC(C)(C)C. The second-order valence-electron chi connectivity index (χ2n) is 11.3. The third-order valence-electron chi connectivity index (χ3n) is 6.52. The summed E-state index contributed by atoms with van der Waals surface area (Å²) in [6.07, 6.45) is 3.12. The average molecular weight is 637 g/mol. The monoisotopic (exact) mass is 636 g/mol. The summed E-state index contributed by atoms with van der Waals surface area (Å²) in [5.74, 6) is 6.35. The summed E-state index contributed by atoms with van der Waals surface area (Å²) in [4.78, 5) is 54.1. The standard InChI is InChI=1S/C32H44N8O6/c1-9-17-33-27-22(14-12-11-13-18-34-28(41)21(3)39(7)31(43)46-32(4,5)6)20-35-30(37-27)36-23-15-16-25-24(19-23)26(29(42)45-10-2)38-40(25)44-8/h15-16,19-21H,9-11,13,17-18H2,1-8H3,(H,34,41)(H2,33,35,36,37)/t21-/m0/s1. The van der Waals surface area contributed by atoms with E-state index in [2.05, 4.69) is 49.8 Å². The molecule has 3 rings (SSSR count). The van der Waals surface area contributed by atoms with Crippen LogP contribution in [0, 0.1) is 11.8 Å². The van der Waals surface area contributed by atoms with E-state index in [0.29, 0.717) is 59.9 Å². The maximum atomic E-state index is 12.5. The third-order valence-corrected chi connectivity index (χ3v) is 6.52. The number of amides is 2. The molecule has 0 saturated carbocycles. The van der Waals surface area contributed by atoms with Crippen molar-refractivity contribution in [2.75, 3.05) is 44.5 Å². The van der Waals surface area contributed by atoms with Gasteiger partial charge in [0.25, 0.3) is 0 Å². The third kappa shape index (κ3) is 9.72. The van der Waals surface area contributed by atoms with Gasteiger partial charge in [-0.05, 0) is 65.7 Å². The smallest absolute Gasteiger partial charge is 0.410 e. The van der Waals surface area contributed by atoms with Gasteiger partial charge in [0.1, 0.15) is 30.1 Å². The number of hydrogen-bond acceptors (Lipinski definition) is 11. The number of carbonyl (C=O) groups is 3. The normalized spacial score (nSPS) is 11.6. The van der Waals surface area contributed by atoms with Crippen LogP contribution >= 0.6 is 0 Å². The molecule has 2 aromatic heterocycles. The molecule has 14 nitrogen and oxygen atoms in total. The highest BCUT2D eigenvalue weighted by molar-refractivity contribution is 6.03. The second-order valence-corrected chi connectivity index (χ2v) is 11.3. The summed E-state index contributed by atoms with van der Waals surface area (Å²) in [6.45, 7) is 12.1. The fourth-order valence-electron chi connectivity index (χ4n) is 4.06. The Kier molecular flexibility index (Phi) is 12.6. The van der Waals surface area contributed by atoms with Crippen molar-refractivity contribution < 1.29 is 28.7 Å². The van der Waals surface area contributed by atoms with Crippen molar-refractivity contribution >= 4 is 46.3 Å². The predicted octanol–water partition coefficient (Wildman–Crippen LogP) is 4.13. The largest absolute Gasteiger partial charge is 0.461 e. The van der Waals surface area contributed by atoms with Crippen LogP contribution in [0.15, 0.2) is 24.4 Å². The van der Waals surface area contributed by atoms with Gasteiger partial charge in [-0.25, -0.2) is 14.6 Å². The van der Waals surface area contributed by atoms with Crippen LogP contribution < -0.4 is 20.8 Å². The van der Waals surface area contributed by atoms with Gasteiger partial charge in [0.15, 0.2) is 5.69 Å². The van der Waals surface area contributed by atoms with E-state index >= 15 is 0 Å².